The highest BCUT2D eigenvalue weighted by Gasteiger charge is 2.10. The number of aryl methyl sites for hydroxylation is 1. The Morgan fingerprint density at radius 1 is 1.00 bits per heavy atom. The van der Waals surface area contributed by atoms with Crippen molar-refractivity contribution >= 4 is 28.3 Å². The first kappa shape index (κ1) is 13.8. The van der Waals surface area contributed by atoms with E-state index in [-0.39, 0.29) is 0 Å². The van der Waals surface area contributed by atoms with E-state index in [1.165, 1.54) is 11.3 Å². The van der Waals surface area contributed by atoms with E-state index in [0.29, 0.717) is 5.02 Å². The van der Waals surface area contributed by atoms with E-state index >= 15 is 0 Å². The quantitative estimate of drug-likeness (QED) is 0.705. The third-order valence-electron chi connectivity index (χ3n) is 3.54. The Labute approximate surface area is 129 Å². The van der Waals surface area contributed by atoms with Gasteiger partial charge in [-0.1, -0.05) is 23.7 Å². The van der Waals surface area contributed by atoms with E-state index in [9.17, 15) is 0 Å². The molecule has 3 aromatic rings. The molecule has 3 rings (SSSR count). The first-order valence-electron chi connectivity index (χ1n) is 6.75. The van der Waals surface area contributed by atoms with Crippen LogP contribution in [0.3, 0.4) is 0 Å². The molecular weight excluding hydrogens is 282 g/mol. The van der Waals surface area contributed by atoms with E-state index < -0.39 is 0 Å². The number of benzene rings is 2. The summed E-state index contributed by atoms with van der Waals surface area (Å²) in [5, 5.41) is 0.671. The van der Waals surface area contributed by atoms with Gasteiger partial charge in [0.25, 0.3) is 0 Å². The van der Waals surface area contributed by atoms with Crippen LogP contribution in [0.2, 0.25) is 5.02 Å². The minimum atomic E-state index is 0.671. The van der Waals surface area contributed by atoms with Gasteiger partial charge in [-0.3, -0.25) is 9.97 Å². The molecule has 3 nitrogen and oxygen atoms in total. The first-order valence-corrected chi connectivity index (χ1v) is 7.12. The third kappa shape index (κ3) is 2.57. The van der Waals surface area contributed by atoms with Gasteiger partial charge in [0.2, 0.25) is 0 Å². The molecule has 0 N–H and O–H groups in total. The molecule has 0 amide bonds. The number of aromatic nitrogens is 2. The summed E-state index contributed by atoms with van der Waals surface area (Å²) in [6.07, 6.45) is 3.39. The van der Waals surface area contributed by atoms with Gasteiger partial charge in [-0.05, 0) is 36.2 Å². The predicted molar refractivity (Wildman–Crippen MR) is 89.0 cm³/mol. The van der Waals surface area contributed by atoms with Gasteiger partial charge in [-0.15, -0.1) is 0 Å². The van der Waals surface area contributed by atoms with E-state index in [0.717, 1.165) is 22.2 Å². The lowest BCUT2D eigenvalue weighted by Crippen LogP contribution is -2.10. The van der Waals surface area contributed by atoms with Crippen LogP contribution in [0.1, 0.15) is 5.56 Å². The van der Waals surface area contributed by atoms with Crippen LogP contribution in [0.5, 0.6) is 0 Å². The SMILES string of the molecule is Cc1ccc(-c2cc(Cl)cc3nccnc23)cc1N(C)C. The van der Waals surface area contributed by atoms with Crippen molar-refractivity contribution < 1.29 is 0 Å². The Morgan fingerprint density at radius 2 is 1.76 bits per heavy atom. The molecule has 4 heteroatoms. The number of fused-ring (bicyclic) bond motifs is 1. The highest BCUT2D eigenvalue weighted by Crippen LogP contribution is 2.32. The summed E-state index contributed by atoms with van der Waals surface area (Å²) < 4.78 is 0. The summed E-state index contributed by atoms with van der Waals surface area (Å²) in [4.78, 5) is 10.9. The van der Waals surface area contributed by atoms with Gasteiger partial charge in [-0.2, -0.15) is 0 Å². The maximum absolute atomic E-state index is 6.23. The van der Waals surface area contributed by atoms with Crippen molar-refractivity contribution in [2.45, 2.75) is 6.92 Å². The minimum absolute atomic E-state index is 0.671. The van der Waals surface area contributed by atoms with Crippen LogP contribution in [-0.2, 0) is 0 Å². The van der Waals surface area contributed by atoms with E-state index in [4.69, 9.17) is 11.6 Å². The number of hydrogen-bond acceptors (Lipinski definition) is 3. The minimum Gasteiger partial charge on any atom is -0.377 e. The van der Waals surface area contributed by atoms with Gasteiger partial charge in [0, 0.05) is 42.8 Å². The molecule has 21 heavy (non-hydrogen) atoms. The Hall–Kier alpha value is -2.13. The predicted octanol–water partition coefficient (Wildman–Crippen LogP) is 4.32. The standard InChI is InChI=1S/C17H16ClN3/c1-11-4-5-12(8-16(11)21(2)3)14-9-13(18)10-15-17(14)20-7-6-19-15/h4-10H,1-3H3. The van der Waals surface area contributed by atoms with Crippen molar-refractivity contribution in [1.29, 1.82) is 0 Å². The lowest BCUT2D eigenvalue weighted by atomic mass is 10.0. The molecule has 0 aliphatic rings. The van der Waals surface area contributed by atoms with Crippen molar-refractivity contribution in [2.75, 3.05) is 19.0 Å². The molecule has 0 atom stereocenters. The normalized spacial score (nSPS) is 10.9. The Balaban J connectivity index is 2.28. The summed E-state index contributed by atoms with van der Waals surface area (Å²) in [6, 6.07) is 10.2. The molecule has 0 bridgehead atoms. The van der Waals surface area contributed by atoms with Crippen LogP contribution < -0.4 is 4.90 Å². The molecule has 1 heterocycles. The Bertz CT molecular complexity index is 812. The van der Waals surface area contributed by atoms with Gasteiger partial charge in [0.1, 0.15) is 0 Å². The third-order valence-corrected chi connectivity index (χ3v) is 3.76. The van der Waals surface area contributed by atoms with Crippen LogP contribution in [0.25, 0.3) is 22.2 Å². The lowest BCUT2D eigenvalue weighted by Gasteiger charge is -2.17. The first-order chi connectivity index (χ1) is 10.1. The maximum Gasteiger partial charge on any atom is 0.0966 e. The molecule has 0 spiro atoms. The summed E-state index contributed by atoms with van der Waals surface area (Å²) in [6.45, 7) is 2.11. The molecule has 0 saturated heterocycles. The second-order valence-electron chi connectivity index (χ2n) is 5.27. The number of hydrogen-bond donors (Lipinski definition) is 0. The Kier molecular flexibility index (Phi) is 3.52. The molecule has 106 valence electrons. The molecule has 0 aliphatic carbocycles. The van der Waals surface area contributed by atoms with Crippen molar-refractivity contribution in [3.8, 4) is 11.1 Å². The number of rotatable bonds is 2. The van der Waals surface area contributed by atoms with E-state index in [1.54, 1.807) is 12.4 Å². The molecule has 0 radical (unpaired) electrons. The summed E-state index contributed by atoms with van der Waals surface area (Å²) in [5.41, 5.74) is 6.21. The fourth-order valence-electron chi connectivity index (χ4n) is 2.52. The summed E-state index contributed by atoms with van der Waals surface area (Å²) in [5.74, 6) is 0. The number of halogens is 1. The van der Waals surface area contributed by atoms with Crippen LogP contribution in [0.15, 0.2) is 42.7 Å². The van der Waals surface area contributed by atoms with Gasteiger partial charge in [-0.25, -0.2) is 0 Å². The average molecular weight is 298 g/mol. The van der Waals surface area contributed by atoms with Gasteiger partial charge < -0.3 is 4.90 Å². The van der Waals surface area contributed by atoms with Crippen molar-refractivity contribution in [2.24, 2.45) is 0 Å². The molecule has 0 saturated carbocycles. The van der Waals surface area contributed by atoms with Crippen molar-refractivity contribution in [1.82, 2.24) is 9.97 Å². The second kappa shape index (κ2) is 5.34. The highest BCUT2D eigenvalue weighted by molar-refractivity contribution is 6.31. The molecule has 0 aliphatic heterocycles. The fourth-order valence-corrected chi connectivity index (χ4v) is 2.73. The zero-order chi connectivity index (χ0) is 15.0. The van der Waals surface area contributed by atoms with E-state index in [1.807, 2.05) is 26.2 Å². The number of nitrogens with zero attached hydrogens (tertiary/aromatic N) is 3. The molecule has 0 unspecified atom stereocenters. The maximum atomic E-state index is 6.23. The topological polar surface area (TPSA) is 29.0 Å². The zero-order valence-electron chi connectivity index (χ0n) is 12.3. The highest BCUT2D eigenvalue weighted by atomic mass is 35.5. The number of anilines is 1. The van der Waals surface area contributed by atoms with Crippen LogP contribution in [0.4, 0.5) is 5.69 Å². The molecular formula is C17H16ClN3. The average Bonchev–Trinajstić information content (AvgIpc) is 2.46. The molecule has 0 fully saturated rings. The monoisotopic (exact) mass is 297 g/mol. The molecule has 1 aromatic heterocycles. The second-order valence-corrected chi connectivity index (χ2v) is 5.71. The van der Waals surface area contributed by atoms with E-state index in [2.05, 4.69) is 40.0 Å². The zero-order valence-corrected chi connectivity index (χ0v) is 13.0. The van der Waals surface area contributed by atoms with Crippen LogP contribution >= 0.6 is 11.6 Å². The Morgan fingerprint density at radius 3 is 2.52 bits per heavy atom. The smallest absolute Gasteiger partial charge is 0.0966 e. The lowest BCUT2D eigenvalue weighted by molar-refractivity contribution is 1.11. The largest absolute Gasteiger partial charge is 0.377 e. The van der Waals surface area contributed by atoms with Crippen LogP contribution in [-0.4, -0.2) is 24.1 Å². The van der Waals surface area contributed by atoms with Gasteiger partial charge in [0.15, 0.2) is 0 Å². The fraction of sp³-hybridized carbons (Fsp3) is 0.176. The van der Waals surface area contributed by atoms with Crippen molar-refractivity contribution in [3.05, 3.63) is 53.3 Å². The van der Waals surface area contributed by atoms with Gasteiger partial charge in [0.05, 0.1) is 11.0 Å². The van der Waals surface area contributed by atoms with Crippen LogP contribution in [0, 0.1) is 6.92 Å². The summed E-state index contributed by atoms with van der Waals surface area (Å²) in [7, 11) is 4.09. The summed E-state index contributed by atoms with van der Waals surface area (Å²) >= 11 is 6.23. The van der Waals surface area contributed by atoms with Crippen molar-refractivity contribution in [3.63, 3.8) is 0 Å². The van der Waals surface area contributed by atoms with Gasteiger partial charge >= 0.3 is 0 Å². The molecule has 2 aromatic carbocycles.